The van der Waals surface area contributed by atoms with Gasteiger partial charge in [0, 0.05) is 12.6 Å². The Kier molecular flexibility index (Phi) is 11.6. The van der Waals surface area contributed by atoms with Crippen LogP contribution in [0.1, 0.15) is 56.6 Å². The number of carbonyl (C=O) groups is 2. The number of carbonyl (C=O) groups excluding carboxylic acids is 2. The largest absolute Gasteiger partial charge is 0.489 e. The topological polar surface area (TPSA) is 96.0 Å². The SMILES string of the molecule is CC[C@@H](C(=O)NC1CCCCC1)N(CCc1ccccc1)C(=O)CN(c1ccc(OCc2ccccc2)cc1)S(C)(=O)=O. The molecule has 0 aromatic heterocycles. The second kappa shape index (κ2) is 15.6. The van der Waals surface area contributed by atoms with E-state index in [0.717, 1.165) is 47.4 Å². The van der Waals surface area contributed by atoms with Gasteiger partial charge < -0.3 is 15.0 Å². The normalized spacial score (nSPS) is 14.5. The van der Waals surface area contributed by atoms with Crippen molar-refractivity contribution in [2.75, 3.05) is 23.7 Å². The first kappa shape index (κ1) is 32.1. The molecule has 1 aliphatic rings. The lowest BCUT2D eigenvalue weighted by molar-refractivity contribution is -0.140. The van der Waals surface area contributed by atoms with Crippen molar-refractivity contribution in [1.29, 1.82) is 0 Å². The number of amides is 2. The fourth-order valence-electron chi connectivity index (χ4n) is 5.50. The quantitative estimate of drug-likeness (QED) is 0.268. The number of anilines is 1. The molecule has 1 saturated carbocycles. The Balaban J connectivity index is 1.51. The molecule has 0 spiro atoms. The van der Waals surface area contributed by atoms with Crippen molar-refractivity contribution in [3.63, 3.8) is 0 Å². The minimum Gasteiger partial charge on any atom is -0.489 e. The number of hydrogen-bond acceptors (Lipinski definition) is 5. The molecule has 1 atom stereocenters. The highest BCUT2D eigenvalue weighted by atomic mass is 32.2. The molecule has 0 unspecified atom stereocenters. The van der Waals surface area contributed by atoms with Crippen molar-refractivity contribution in [2.24, 2.45) is 0 Å². The van der Waals surface area contributed by atoms with Crippen LogP contribution in [0.5, 0.6) is 5.75 Å². The Bertz CT molecular complexity index is 1410. The molecule has 1 N–H and O–H groups in total. The zero-order valence-electron chi connectivity index (χ0n) is 25.2. The van der Waals surface area contributed by atoms with Gasteiger partial charge in [0.2, 0.25) is 21.8 Å². The van der Waals surface area contributed by atoms with Crippen LogP contribution in [0.25, 0.3) is 0 Å². The summed E-state index contributed by atoms with van der Waals surface area (Å²) in [5, 5.41) is 3.17. The monoisotopic (exact) mass is 605 g/mol. The molecule has 9 heteroatoms. The summed E-state index contributed by atoms with van der Waals surface area (Å²) in [6.45, 7) is 2.15. The number of ether oxygens (including phenoxy) is 1. The Morgan fingerprint density at radius 3 is 2.07 bits per heavy atom. The second-order valence-corrected chi connectivity index (χ2v) is 13.0. The lowest BCUT2D eigenvalue weighted by Gasteiger charge is -2.34. The molecular formula is C34H43N3O5S. The predicted octanol–water partition coefficient (Wildman–Crippen LogP) is 5.33. The third-order valence-corrected chi connectivity index (χ3v) is 9.01. The average Bonchev–Trinajstić information content (AvgIpc) is 3.02. The number of rotatable bonds is 14. The van der Waals surface area contributed by atoms with E-state index >= 15 is 0 Å². The van der Waals surface area contributed by atoms with E-state index in [-0.39, 0.29) is 11.9 Å². The Labute approximate surface area is 256 Å². The van der Waals surface area contributed by atoms with Crippen LogP contribution < -0.4 is 14.4 Å². The van der Waals surface area contributed by atoms with Crippen molar-refractivity contribution in [3.8, 4) is 5.75 Å². The molecule has 0 heterocycles. The molecule has 0 bridgehead atoms. The highest BCUT2D eigenvalue weighted by Crippen LogP contribution is 2.24. The van der Waals surface area contributed by atoms with Crippen molar-refractivity contribution < 1.29 is 22.7 Å². The first-order valence-electron chi connectivity index (χ1n) is 15.1. The van der Waals surface area contributed by atoms with E-state index in [1.165, 1.54) is 6.42 Å². The minimum absolute atomic E-state index is 0.108. The van der Waals surface area contributed by atoms with Crippen molar-refractivity contribution in [1.82, 2.24) is 10.2 Å². The maximum Gasteiger partial charge on any atom is 0.244 e. The Hall–Kier alpha value is -3.85. The number of nitrogens with zero attached hydrogens (tertiary/aromatic N) is 2. The zero-order valence-corrected chi connectivity index (χ0v) is 26.0. The molecule has 4 rings (SSSR count). The van der Waals surface area contributed by atoms with Gasteiger partial charge in [-0.05, 0) is 61.1 Å². The average molecular weight is 606 g/mol. The summed E-state index contributed by atoms with van der Waals surface area (Å²) in [5.41, 5.74) is 2.41. The molecule has 3 aromatic rings. The Morgan fingerprint density at radius 1 is 0.884 bits per heavy atom. The van der Waals surface area contributed by atoms with Gasteiger partial charge in [-0.25, -0.2) is 8.42 Å². The van der Waals surface area contributed by atoms with E-state index in [2.05, 4.69) is 5.32 Å². The van der Waals surface area contributed by atoms with Gasteiger partial charge in [0.05, 0.1) is 11.9 Å². The van der Waals surface area contributed by atoms with Gasteiger partial charge in [-0.3, -0.25) is 13.9 Å². The summed E-state index contributed by atoms with van der Waals surface area (Å²) in [6.07, 6.45) is 7.27. The molecule has 230 valence electrons. The van der Waals surface area contributed by atoms with Gasteiger partial charge in [0.25, 0.3) is 0 Å². The number of hydrogen-bond donors (Lipinski definition) is 1. The Morgan fingerprint density at radius 2 is 1.49 bits per heavy atom. The summed E-state index contributed by atoms with van der Waals surface area (Å²) < 4.78 is 32.8. The fraction of sp³-hybridized carbons (Fsp3) is 0.412. The number of benzene rings is 3. The molecule has 0 aliphatic heterocycles. The fourth-order valence-corrected chi connectivity index (χ4v) is 6.35. The van der Waals surface area contributed by atoms with E-state index < -0.39 is 28.5 Å². The minimum atomic E-state index is -3.81. The van der Waals surface area contributed by atoms with Crippen LogP contribution in [0.4, 0.5) is 5.69 Å². The van der Waals surface area contributed by atoms with Crippen LogP contribution >= 0.6 is 0 Å². The van der Waals surface area contributed by atoms with Crippen molar-refractivity contribution in [2.45, 2.75) is 70.6 Å². The van der Waals surface area contributed by atoms with Gasteiger partial charge in [-0.15, -0.1) is 0 Å². The summed E-state index contributed by atoms with van der Waals surface area (Å²) in [5.74, 6) is -0.0136. The molecule has 43 heavy (non-hydrogen) atoms. The second-order valence-electron chi connectivity index (χ2n) is 11.1. The summed E-state index contributed by atoms with van der Waals surface area (Å²) in [7, 11) is -3.81. The van der Waals surface area contributed by atoms with Gasteiger partial charge in [0.15, 0.2) is 0 Å². The van der Waals surface area contributed by atoms with E-state index in [1.54, 1.807) is 29.2 Å². The standard InChI is InChI=1S/C34H43N3O5S/c1-3-32(34(39)35-29-17-11-6-12-18-29)36(24-23-27-13-7-4-8-14-27)33(38)25-37(43(2,40)41)30-19-21-31(22-20-30)42-26-28-15-9-5-10-16-28/h4-5,7-10,13-16,19-22,29,32H,3,6,11-12,17-18,23-26H2,1-2H3,(H,35,39)/t32-/m0/s1. The lowest BCUT2D eigenvalue weighted by Crippen LogP contribution is -2.54. The van der Waals surface area contributed by atoms with Crippen LogP contribution in [0.15, 0.2) is 84.9 Å². The summed E-state index contributed by atoms with van der Waals surface area (Å²) in [6, 6.07) is 25.6. The van der Waals surface area contributed by atoms with Gasteiger partial charge in [0.1, 0.15) is 24.9 Å². The predicted molar refractivity (Wildman–Crippen MR) is 170 cm³/mol. The van der Waals surface area contributed by atoms with Crippen LogP contribution in [-0.4, -0.2) is 56.6 Å². The van der Waals surface area contributed by atoms with Crippen LogP contribution in [0.3, 0.4) is 0 Å². The molecule has 8 nitrogen and oxygen atoms in total. The highest BCUT2D eigenvalue weighted by Gasteiger charge is 2.32. The van der Waals surface area contributed by atoms with Crippen LogP contribution in [0, 0.1) is 0 Å². The number of nitrogens with one attached hydrogen (secondary N) is 1. The third-order valence-electron chi connectivity index (χ3n) is 7.87. The van der Waals surface area contributed by atoms with Gasteiger partial charge in [-0.2, -0.15) is 0 Å². The molecule has 2 amide bonds. The smallest absolute Gasteiger partial charge is 0.244 e. The van der Waals surface area contributed by atoms with E-state index in [1.807, 2.05) is 67.6 Å². The van der Waals surface area contributed by atoms with Crippen molar-refractivity contribution >= 4 is 27.5 Å². The maximum absolute atomic E-state index is 13.9. The summed E-state index contributed by atoms with van der Waals surface area (Å²) in [4.78, 5) is 29.0. The first-order valence-corrected chi connectivity index (χ1v) is 17.0. The highest BCUT2D eigenvalue weighted by molar-refractivity contribution is 7.92. The maximum atomic E-state index is 13.9. The molecule has 1 aliphatic carbocycles. The van der Waals surface area contributed by atoms with Crippen molar-refractivity contribution in [3.05, 3.63) is 96.1 Å². The van der Waals surface area contributed by atoms with E-state index in [0.29, 0.717) is 37.4 Å². The van der Waals surface area contributed by atoms with E-state index in [4.69, 9.17) is 4.74 Å². The molecule has 1 fully saturated rings. The summed E-state index contributed by atoms with van der Waals surface area (Å²) >= 11 is 0. The molecule has 3 aromatic carbocycles. The van der Waals surface area contributed by atoms with Crippen LogP contribution in [-0.2, 0) is 32.6 Å². The zero-order chi connectivity index (χ0) is 30.7. The molecular weight excluding hydrogens is 562 g/mol. The number of sulfonamides is 1. The molecule has 0 radical (unpaired) electrons. The van der Waals surface area contributed by atoms with Gasteiger partial charge in [-0.1, -0.05) is 86.8 Å². The van der Waals surface area contributed by atoms with E-state index in [9.17, 15) is 18.0 Å². The van der Waals surface area contributed by atoms with Gasteiger partial charge >= 0.3 is 0 Å². The molecule has 0 saturated heterocycles. The lowest BCUT2D eigenvalue weighted by atomic mass is 9.95. The van der Waals surface area contributed by atoms with Crippen LogP contribution in [0.2, 0.25) is 0 Å². The third kappa shape index (κ3) is 9.58. The first-order chi connectivity index (χ1) is 20.7.